The van der Waals surface area contributed by atoms with Crippen LogP contribution in [0, 0.1) is 16.7 Å². The predicted molar refractivity (Wildman–Crippen MR) is 117 cm³/mol. The van der Waals surface area contributed by atoms with Crippen molar-refractivity contribution >= 4 is 17.6 Å². The van der Waals surface area contributed by atoms with Gasteiger partial charge in [-0.3, -0.25) is 4.79 Å². The molecule has 152 valence electrons. The number of ether oxygens (including phenoxy) is 1. The van der Waals surface area contributed by atoms with Crippen molar-refractivity contribution < 1.29 is 14.6 Å². The summed E-state index contributed by atoms with van der Waals surface area (Å²) in [5.74, 6) is 0.131. The SMILES string of the molecule is CC(C)(Cc1cccc(Oc2ccccc2)c1)C(C#N)(C(=O)O)c1ccccc1Cl. The first-order chi connectivity index (χ1) is 14.3. The first kappa shape index (κ1) is 21.4. The number of carbonyl (C=O) groups is 1. The lowest BCUT2D eigenvalue weighted by Gasteiger charge is -2.39. The highest BCUT2D eigenvalue weighted by Crippen LogP contribution is 2.46. The van der Waals surface area contributed by atoms with E-state index in [1.165, 1.54) is 0 Å². The Morgan fingerprint density at radius 1 is 1.00 bits per heavy atom. The lowest BCUT2D eigenvalue weighted by molar-refractivity contribution is -0.145. The third-order valence-corrected chi connectivity index (χ3v) is 5.63. The van der Waals surface area contributed by atoms with E-state index in [0.717, 1.165) is 5.56 Å². The molecule has 0 saturated heterocycles. The minimum Gasteiger partial charge on any atom is -0.480 e. The smallest absolute Gasteiger partial charge is 0.329 e. The van der Waals surface area contributed by atoms with Crippen molar-refractivity contribution in [1.82, 2.24) is 0 Å². The molecule has 5 heteroatoms. The normalized spacial score (nSPS) is 13.1. The largest absolute Gasteiger partial charge is 0.480 e. The van der Waals surface area contributed by atoms with Gasteiger partial charge in [-0.2, -0.15) is 5.26 Å². The Balaban J connectivity index is 1.98. The predicted octanol–water partition coefficient (Wildman–Crippen LogP) is 6.25. The van der Waals surface area contributed by atoms with Gasteiger partial charge in [0.05, 0.1) is 6.07 Å². The maximum Gasteiger partial charge on any atom is 0.329 e. The fourth-order valence-corrected chi connectivity index (χ4v) is 4.06. The zero-order chi connectivity index (χ0) is 21.8. The molecule has 30 heavy (non-hydrogen) atoms. The second kappa shape index (κ2) is 8.61. The van der Waals surface area contributed by atoms with E-state index in [2.05, 4.69) is 6.07 Å². The first-order valence-corrected chi connectivity index (χ1v) is 9.89. The fourth-order valence-electron chi connectivity index (χ4n) is 3.78. The molecule has 3 aromatic carbocycles. The molecule has 0 aromatic heterocycles. The van der Waals surface area contributed by atoms with Gasteiger partial charge in [-0.05, 0) is 42.3 Å². The zero-order valence-electron chi connectivity index (χ0n) is 16.8. The molecule has 3 rings (SSSR count). The highest BCUT2D eigenvalue weighted by atomic mass is 35.5. The Morgan fingerprint density at radius 3 is 2.27 bits per heavy atom. The number of para-hydroxylation sites is 1. The van der Waals surface area contributed by atoms with Crippen LogP contribution in [-0.2, 0) is 16.6 Å². The van der Waals surface area contributed by atoms with Gasteiger partial charge in [0, 0.05) is 16.0 Å². The molecule has 1 atom stereocenters. The number of nitrogens with zero attached hydrogens (tertiary/aromatic N) is 1. The molecule has 0 aliphatic heterocycles. The van der Waals surface area contributed by atoms with Gasteiger partial charge in [-0.25, -0.2) is 0 Å². The maximum absolute atomic E-state index is 12.4. The van der Waals surface area contributed by atoms with Crippen molar-refractivity contribution in [1.29, 1.82) is 5.26 Å². The van der Waals surface area contributed by atoms with Crippen molar-refractivity contribution in [3.63, 3.8) is 0 Å². The number of halogens is 1. The molecule has 0 saturated carbocycles. The summed E-state index contributed by atoms with van der Waals surface area (Å²) in [5, 5.41) is 20.5. The monoisotopic (exact) mass is 419 g/mol. The molecule has 1 N–H and O–H groups in total. The number of aliphatic carboxylic acids is 1. The summed E-state index contributed by atoms with van der Waals surface area (Å²) in [4.78, 5) is 12.4. The number of benzene rings is 3. The van der Waals surface area contributed by atoms with Crippen LogP contribution >= 0.6 is 11.6 Å². The van der Waals surface area contributed by atoms with E-state index in [4.69, 9.17) is 16.3 Å². The Morgan fingerprint density at radius 2 is 1.63 bits per heavy atom. The van der Waals surface area contributed by atoms with Gasteiger partial charge in [0.25, 0.3) is 0 Å². The van der Waals surface area contributed by atoms with Gasteiger partial charge in [-0.1, -0.05) is 74.0 Å². The number of hydrogen-bond donors (Lipinski definition) is 1. The van der Waals surface area contributed by atoms with Gasteiger partial charge in [0.1, 0.15) is 11.5 Å². The van der Waals surface area contributed by atoms with Crippen molar-refractivity contribution in [3.8, 4) is 17.6 Å². The molecule has 0 aliphatic rings. The summed E-state index contributed by atoms with van der Waals surface area (Å²) in [5.41, 5.74) is -1.63. The van der Waals surface area contributed by atoms with Crippen LogP contribution in [-0.4, -0.2) is 11.1 Å². The molecule has 0 heterocycles. The summed E-state index contributed by atoms with van der Waals surface area (Å²) in [7, 11) is 0. The molecule has 1 unspecified atom stereocenters. The Hall–Kier alpha value is -3.29. The number of nitriles is 1. The van der Waals surface area contributed by atoms with Crippen LogP contribution in [0.1, 0.15) is 25.0 Å². The molecule has 3 aromatic rings. The van der Waals surface area contributed by atoms with Gasteiger partial charge in [-0.15, -0.1) is 0 Å². The van der Waals surface area contributed by atoms with Crippen molar-refractivity contribution in [2.45, 2.75) is 25.7 Å². The molecule has 0 radical (unpaired) electrons. The van der Waals surface area contributed by atoms with Crippen LogP contribution in [0.15, 0.2) is 78.9 Å². The van der Waals surface area contributed by atoms with E-state index >= 15 is 0 Å². The molecular formula is C25H22ClNO3. The van der Waals surface area contributed by atoms with Crippen LogP contribution in [0.25, 0.3) is 0 Å². The molecule has 0 aliphatic carbocycles. The zero-order valence-corrected chi connectivity index (χ0v) is 17.6. The van der Waals surface area contributed by atoms with Gasteiger partial charge < -0.3 is 9.84 Å². The first-order valence-electron chi connectivity index (χ1n) is 9.52. The van der Waals surface area contributed by atoms with E-state index in [9.17, 15) is 15.2 Å². The molecule has 4 nitrogen and oxygen atoms in total. The van der Waals surface area contributed by atoms with Crippen LogP contribution < -0.4 is 4.74 Å². The minimum atomic E-state index is -1.82. The molecular weight excluding hydrogens is 398 g/mol. The Bertz CT molecular complexity index is 1090. The van der Waals surface area contributed by atoms with E-state index in [1.54, 1.807) is 38.1 Å². The van der Waals surface area contributed by atoms with Gasteiger partial charge >= 0.3 is 5.97 Å². The lowest BCUT2D eigenvalue weighted by Crippen LogP contribution is -2.49. The lowest BCUT2D eigenvalue weighted by atomic mass is 9.60. The second-order valence-electron chi connectivity index (χ2n) is 7.77. The van der Waals surface area contributed by atoms with Gasteiger partial charge in [0.15, 0.2) is 5.41 Å². The second-order valence-corrected chi connectivity index (χ2v) is 8.18. The third kappa shape index (κ3) is 4.03. The van der Waals surface area contributed by atoms with E-state index in [0.29, 0.717) is 23.5 Å². The number of carboxylic acid groups (broad SMARTS) is 1. The average Bonchev–Trinajstić information content (AvgIpc) is 2.70. The summed E-state index contributed by atoms with van der Waals surface area (Å²) in [6.45, 7) is 3.55. The van der Waals surface area contributed by atoms with E-state index < -0.39 is 16.8 Å². The number of hydrogen-bond acceptors (Lipinski definition) is 3. The highest BCUT2D eigenvalue weighted by molar-refractivity contribution is 6.31. The standard InChI is InChI=1S/C25H22ClNO3/c1-24(2,25(17-27,23(28)29)21-13-6-7-14-22(21)26)16-18-9-8-12-20(15-18)30-19-10-4-3-5-11-19/h3-15H,16H2,1-2H3,(H,28,29). The Kier molecular flexibility index (Phi) is 6.14. The van der Waals surface area contributed by atoms with Crippen molar-refractivity contribution in [3.05, 3.63) is 95.0 Å². The molecule has 0 bridgehead atoms. The third-order valence-electron chi connectivity index (χ3n) is 5.30. The fraction of sp³-hybridized carbons (Fsp3) is 0.200. The number of carboxylic acids is 1. The van der Waals surface area contributed by atoms with Crippen molar-refractivity contribution in [2.75, 3.05) is 0 Å². The van der Waals surface area contributed by atoms with Crippen LogP contribution in [0.5, 0.6) is 11.5 Å². The summed E-state index contributed by atoms with van der Waals surface area (Å²) >= 11 is 6.32. The molecule has 0 amide bonds. The van der Waals surface area contributed by atoms with E-state index in [1.807, 2.05) is 54.6 Å². The van der Waals surface area contributed by atoms with Crippen molar-refractivity contribution in [2.24, 2.45) is 5.41 Å². The quantitative estimate of drug-likeness (QED) is 0.491. The molecule has 0 fully saturated rings. The number of rotatable bonds is 7. The van der Waals surface area contributed by atoms with Crippen LogP contribution in [0.3, 0.4) is 0 Å². The molecule has 0 spiro atoms. The van der Waals surface area contributed by atoms with Crippen LogP contribution in [0.2, 0.25) is 5.02 Å². The van der Waals surface area contributed by atoms with Gasteiger partial charge in [0.2, 0.25) is 0 Å². The maximum atomic E-state index is 12.4. The highest BCUT2D eigenvalue weighted by Gasteiger charge is 2.54. The Labute approximate surface area is 181 Å². The summed E-state index contributed by atoms with van der Waals surface area (Å²) in [6, 6.07) is 25.6. The summed E-state index contributed by atoms with van der Waals surface area (Å²) < 4.78 is 5.89. The average molecular weight is 420 g/mol. The minimum absolute atomic E-state index is 0.260. The summed E-state index contributed by atoms with van der Waals surface area (Å²) in [6.07, 6.45) is 0.337. The topological polar surface area (TPSA) is 70.3 Å². The van der Waals surface area contributed by atoms with Crippen LogP contribution in [0.4, 0.5) is 0 Å². The van der Waals surface area contributed by atoms with E-state index in [-0.39, 0.29) is 5.02 Å².